The van der Waals surface area contributed by atoms with E-state index < -0.39 is 12.0 Å². The van der Waals surface area contributed by atoms with E-state index in [-0.39, 0.29) is 24.2 Å². The summed E-state index contributed by atoms with van der Waals surface area (Å²) in [7, 11) is 3.02. The smallest absolute Gasteiger partial charge is 0.326 e. The van der Waals surface area contributed by atoms with E-state index in [2.05, 4.69) is 5.32 Å². The van der Waals surface area contributed by atoms with Crippen LogP contribution in [0.25, 0.3) is 6.08 Å². The van der Waals surface area contributed by atoms with Crippen LogP contribution in [0.3, 0.4) is 0 Å². The van der Waals surface area contributed by atoms with Crippen molar-refractivity contribution >= 4 is 58.8 Å². The molecule has 1 unspecified atom stereocenters. The highest BCUT2D eigenvalue weighted by Crippen LogP contribution is 2.35. The van der Waals surface area contributed by atoms with Crippen LogP contribution >= 0.6 is 35.0 Å². The third-order valence-electron chi connectivity index (χ3n) is 6.38. The minimum atomic E-state index is -1.13. The van der Waals surface area contributed by atoms with Crippen molar-refractivity contribution in [3.05, 3.63) is 57.6 Å². The highest BCUT2D eigenvalue weighted by molar-refractivity contribution is 7.98. The number of carbonyl (C=O) groups excluding carboxylic acids is 2. The molecule has 0 radical (unpaired) electrons. The number of aliphatic carboxylic acids is 1. The van der Waals surface area contributed by atoms with Gasteiger partial charge >= 0.3 is 5.97 Å². The SMILES string of the molecule is COc1ccc(CC(NC(=O)C2CCN(C(=O)C=Cc3ccc(SC)c(Cl)c3Cl)CC2)C(=O)O)cc1OC. The zero-order chi connectivity index (χ0) is 27.8. The van der Waals surface area contributed by atoms with Crippen LogP contribution in [0.15, 0.2) is 41.3 Å². The van der Waals surface area contributed by atoms with Gasteiger partial charge < -0.3 is 24.8 Å². The summed E-state index contributed by atoms with van der Waals surface area (Å²) in [5, 5.41) is 13.2. The predicted octanol–water partition coefficient (Wildman–Crippen LogP) is 4.80. The number of carboxylic acids is 1. The number of hydrogen-bond donors (Lipinski definition) is 2. The number of thioether (sulfide) groups is 1. The molecule has 0 aromatic heterocycles. The molecule has 3 rings (SSSR count). The highest BCUT2D eigenvalue weighted by atomic mass is 35.5. The molecule has 8 nitrogen and oxygen atoms in total. The Morgan fingerprint density at radius 3 is 2.39 bits per heavy atom. The fourth-order valence-electron chi connectivity index (χ4n) is 4.19. The van der Waals surface area contributed by atoms with E-state index in [1.54, 1.807) is 35.2 Å². The fraction of sp³-hybridized carbons (Fsp3) is 0.370. The number of benzene rings is 2. The molecule has 2 aromatic carbocycles. The Kier molecular flexibility index (Phi) is 10.8. The maximum Gasteiger partial charge on any atom is 0.326 e. The summed E-state index contributed by atoms with van der Waals surface area (Å²) in [5.41, 5.74) is 1.33. The van der Waals surface area contributed by atoms with Crippen molar-refractivity contribution in [2.75, 3.05) is 33.6 Å². The van der Waals surface area contributed by atoms with Crippen molar-refractivity contribution in [3.63, 3.8) is 0 Å². The number of halogens is 2. The van der Waals surface area contributed by atoms with Gasteiger partial charge in [-0.05, 0) is 54.5 Å². The summed E-state index contributed by atoms with van der Waals surface area (Å²) in [4.78, 5) is 39.9. The lowest BCUT2D eigenvalue weighted by molar-refractivity contribution is -0.142. The molecule has 0 saturated carbocycles. The Bertz CT molecular complexity index is 1210. The number of likely N-dealkylation sites (tertiary alicyclic amines) is 1. The Morgan fingerprint density at radius 1 is 1.11 bits per heavy atom. The largest absolute Gasteiger partial charge is 0.493 e. The van der Waals surface area contributed by atoms with E-state index in [4.69, 9.17) is 32.7 Å². The van der Waals surface area contributed by atoms with Crippen LogP contribution in [-0.2, 0) is 20.8 Å². The summed E-state index contributed by atoms with van der Waals surface area (Å²) < 4.78 is 10.5. The van der Waals surface area contributed by atoms with Gasteiger partial charge in [-0.25, -0.2) is 4.79 Å². The molecule has 1 atom stereocenters. The van der Waals surface area contributed by atoms with Crippen LogP contribution in [0.4, 0.5) is 0 Å². The third kappa shape index (κ3) is 7.36. The molecule has 2 N–H and O–H groups in total. The highest BCUT2D eigenvalue weighted by Gasteiger charge is 2.30. The van der Waals surface area contributed by atoms with Crippen LogP contribution in [0.5, 0.6) is 11.5 Å². The molecule has 38 heavy (non-hydrogen) atoms. The van der Waals surface area contributed by atoms with Crippen molar-refractivity contribution in [1.29, 1.82) is 0 Å². The van der Waals surface area contributed by atoms with Crippen molar-refractivity contribution < 1.29 is 29.0 Å². The predicted molar refractivity (Wildman–Crippen MR) is 149 cm³/mol. The average Bonchev–Trinajstić information content (AvgIpc) is 2.93. The molecule has 1 aliphatic heterocycles. The standard InChI is InChI=1S/C27H30Cl2N2O6S/c1-36-20-7-4-16(15-21(20)37-2)14-19(27(34)35)30-26(33)18-10-12-31(13-11-18)23(32)9-6-17-5-8-22(38-3)25(29)24(17)28/h4-9,15,18-19H,10-14H2,1-3H3,(H,30,33)(H,34,35). The quantitative estimate of drug-likeness (QED) is 0.307. The summed E-state index contributed by atoms with van der Waals surface area (Å²) in [6.07, 6.45) is 5.94. The number of carboxylic acid groups (broad SMARTS) is 1. The first-order valence-electron chi connectivity index (χ1n) is 11.9. The second-order valence-corrected chi connectivity index (χ2v) is 10.3. The van der Waals surface area contributed by atoms with E-state index in [0.29, 0.717) is 58.6 Å². The van der Waals surface area contributed by atoms with Gasteiger partial charge in [0.05, 0.1) is 24.3 Å². The van der Waals surface area contributed by atoms with E-state index in [1.165, 1.54) is 32.1 Å². The number of carbonyl (C=O) groups is 3. The number of methoxy groups -OCH3 is 2. The number of hydrogen-bond acceptors (Lipinski definition) is 6. The molecule has 1 fully saturated rings. The number of rotatable bonds is 10. The molecule has 0 bridgehead atoms. The van der Waals surface area contributed by atoms with Gasteiger partial charge in [0.1, 0.15) is 6.04 Å². The maximum atomic E-state index is 12.9. The maximum absolute atomic E-state index is 12.9. The van der Waals surface area contributed by atoms with Gasteiger partial charge in [0.25, 0.3) is 0 Å². The molecule has 11 heteroatoms. The topological polar surface area (TPSA) is 105 Å². The molecule has 204 valence electrons. The van der Waals surface area contributed by atoms with Gasteiger partial charge in [-0.1, -0.05) is 35.3 Å². The van der Waals surface area contributed by atoms with Crippen molar-refractivity contribution in [3.8, 4) is 11.5 Å². The van der Waals surface area contributed by atoms with Gasteiger partial charge in [0.2, 0.25) is 11.8 Å². The van der Waals surface area contributed by atoms with Crippen molar-refractivity contribution in [2.45, 2.75) is 30.2 Å². The molecule has 1 saturated heterocycles. The average molecular weight is 582 g/mol. The minimum Gasteiger partial charge on any atom is -0.493 e. The lowest BCUT2D eigenvalue weighted by atomic mass is 9.95. The molecular weight excluding hydrogens is 551 g/mol. The van der Waals surface area contributed by atoms with Crippen LogP contribution in [0, 0.1) is 5.92 Å². The fourth-order valence-corrected chi connectivity index (χ4v) is 5.37. The number of amides is 2. The third-order valence-corrected chi connectivity index (χ3v) is 8.17. The molecule has 2 amide bonds. The molecule has 2 aromatic rings. The molecule has 1 aliphatic rings. The molecule has 0 spiro atoms. The first-order valence-corrected chi connectivity index (χ1v) is 13.9. The normalized spacial score (nSPS) is 14.8. The Balaban J connectivity index is 1.56. The Morgan fingerprint density at radius 2 is 1.79 bits per heavy atom. The Labute approximate surface area is 236 Å². The second-order valence-electron chi connectivity index (χ2n) is 8.71. The van der Waals surface area contributed by atoms with Gasteiger partial charge in [0.15, 0.2) is 11.5 Å². The van der Waals surface area contributed by atoms with E-state index in [0.717, 1.165) is 4.90 Å². The van der Waals surface area contributed by atoms with Crippen molar-refractivity contribution in [2.24, 2.45) is 5.92 Å². The second kappa shape index (κ2) is 13.8. The lowest BCUT2D eigenvalue weighted by Gasteiger charge is -2.31. The summed E-state index contributed by atoms with van der Waals surface area (Å²) in [5.74, 6) is -1.03. The zero-order valence-electron chi connectivity index (χ0n) is 21.3. The van der Waals surface area contributed by atoms with E-state index in [9.17, 15) is 19.5 Å². The number of nitrogens with zero attached hydrogens (tertiary/aromatic N) is 1. The summed E-state index contributed by atoms with van der Waals surface area (Å²) >= 11 is 14.1. The van der Waals surface area contributed by atoms with Crippen LogP contribution < -0.4 is 14.8 Å². The van der Waals surface area contributed by atoms with Crippen LogP contribution in [0.1, 0.15) is 24.0 Å². The molecule has 1 heterocycles. The Hall–Kier alpha value is -2.88. The molecule has 0 aliphatic carbocycles. The van der Waals surface area contributed by atoms with Gasteiger partial charge in [-0.3, -0.25) is 9.59 Å². The summed E-state index contributed by atoms with van der Waals surface area (Å²) in [6.45, 7) is 0.767. The van der Waals surface area contributed by atoms with Gasteiger partial charge in [0, 0.05) is 36.4 Å². The number of nitrogens with one attached hydrogen (secondary N) is 1. The lowest BCUT2D eigenvalue weighted by Crippen LogP contribution is -2.48. The van der Waals surface area contributed by atoms with Gasteiger partial charge in [-0.15, -0.1) is 11.8 Å². The molecular formula is C27H30Cl2N2O6S. The van der Waals surface area contributed by atoms with E-state index >= 15 is 0 Å². The number of ether oxygens (including phenoxy) is 2. The van der Waals surface area contributed by atoms with Crippen LogP contribution in [-0.4, -0.2) is 67.4 Å². The van der Waals surface area contributed by atoms with Gasteiger partial charge in [-0.2, -0.15) is 0 Å². The first-order chi connectivity index (χ1) is 18.2. The van der Waals surface area contributed by atoms with Crippen molar-refractivity contribution in [1.82, 2.24) is 10.2 Å². The minimum absolute atomic E-state index is 0.0913. The zero-order valence-corrected chi connectivity index (χ0v) is 23.7. The summed E-state index contributed by atoms with van der Waals surface area (Å²) in [6, 6.07) is 7.68. The van der Waals surface area contributed by atoms with E-state index in [1.807, 2.05) is 12.3 Å². The van der Waals surface area contributed by atoms with Crippen LogP contribution in [0.2, 0.25) is 10.0 Å². The first kappa shape index (κ1) is 29.7. The number of piperidine rings is 1. The monoisotopic (exact) mass is 580 g/mol.